The first-order valence-electron chi connectivity index (χ1n) is 4.23. The zero-order chi connectivity index (χ0) is 10.8. The van der Waals surface area contributed by atoms with E-state index < -0.39 is 0 Å². The van der Waals surface area contributed by atoms with Crippen LogP contribution in [0.3, 0.4) is 0 Å². The van der Waals surface area contributed by atoms with E-state index in [-0.39, 0.29) is 5.75 Å². The van der Waals surface area contributed by atoms with E-state index in [1.54, 1.807) is 12.1 Å². The molecule has 0 bridgehead atoms. The second-order valence-corrected chi connectivity index (χ2v) is 4.68. The third-order valence-corrected chi connectivity index (χ3v) is 3.12. The van der Waals surface area contributed by atoms with Crippen LogP contribution in [-0.4, -0.2) is 10.1 Å². The number of thiazole rings is 1. The highest BCUT2D eigenvalue weighted by atomic mass is 79.9. The van der Waals surface area contributed by atoms with Crippen LogP contribution in [-0.2, 0) is 0 Å². The molecular formula is C10H8BrNO2S. The summed E-state index contributed by atoms with van der Waals surface area (Å²) in [6, 6.07) is 5.07. The van der Waals surface area contributed by atoms with Gasteiger partial charge in [-0.05, 0) is 40.5 Å². The van der Waals surface area contributed by atoms with E-state index in [0.29, 0.717) is 10.9 Å². The van der Waals surface area contributed by atoms with E-state index in [9.17, 15) is 5.11 Å². The Morgan fingerprint density at radius 2 is 2.20 bits per heavy atom. The van der Waals surface area contributed by atoms with Gasteiger partial charge in [0.15, 0.2) is 0 Å². The Balaban J connectivity index is 2.24. The Labute approximate surface area is 99.5 Å². The van der Waals surface area contributed by atoms with Crippen LogP contribution in [0.1, 0.15) is 5.56 Å². The number of halogens is 1. The number of rotatable bonds is 2. The normalized spacial score (nSPS) is 10.3. The maximum atomic E-state index is 9.37. The van der Waals surface area contributed by atoms with Gasteiger partial charge in [-0.2, -0.15) is 4.98 Å². The lowest BCUT2D eigenvalue weighted by Gasteiger charge is -2.03. The smallest absolute Gasteiger partial charge is 0.279 e. The molecule has 0 aliphatic rings. The first-order chi connectivity index (χ1) is 7.13. The molecule has 1 aromatic heterocycles. The molecule has 0 amide bonds. The van der Waals surface area contributed by atoms with Gasteiger partial charge in [0, 0.05) is 11.4 Å². The van der Waals surface area contributed by atoms with Crippen molar-refractivity contribution in [3.8, 4) is 16.7 Å². The van der Waals surface area contributed by atoms with Gasteiger partial charge in [-0.25, -0.2) is 0 Å². The van der Waals surface area contributed by atoms with Gasteiger partial charge in [-0.1, -0.05) is 11.3 Å². The van der Waals surface area contributed by atoms with Gasteiger partial charge in [0.2, 0.25) is 0 Å². The van der Waals surface area contributed by atoms with Crippen molar-refractivity contribution in [1.29, 1.82) is 0 Å². The summed E-state index contributed by atoms with van der Waals surface area (Å²) in [5.41, 5.74) is 0.945. The first-order valence-corrected chi connectivity index (χ1v) is 5.90. The highest BCUT2D eigenvalue weighted by Gasteiger charge is 2.04. The summed E-state index contributed by atoms with van der Waals surface area (Å²) in [6.45, 7) is 1.89. The van der Waals surface area contributed by atoms with Gasteiger partial charge in [0.25, 0.3) is 5.19 Å². The Hall–Kier alpha value is -1.07. The van der Waals surface area contributed by atoms with Crippen LogP contribution in [0.5, 0.6) is 16.7 Å². The predicted molar refractivity (Wildman–Crippen MR) is 62.7 cm³/mol. The van der Waals surface area contributed by atoms with Crippen LogP contribution in [0.15, 0.2) is 28.2 Å². The molecule has 1 heterocycles. The topological polar surface area (TPSA) is 42.4 Å². The fourth-order valence-corrected chi connectivity index (χ4v) is 2.28. The molecule has 2 rings (SSSR count). The SMILES string of the molecule is Cc1cc(O)cc(Oc2nc(Br)cs2)c1. The van der Waals surface area contributed by atoms with Crippen molar-refractivity contribution in [2.24, 2.45) is 0 Å². The summed E-state index contributed by atoms with van der Waals surface area (Å²) in [7, 11) is 0. The number of aromatic hydroxyl groups is 1. The van der Waals surface area contributed by atoms with E-state index in [0.717, 1.165) is 10.2 Å². The average molecular weight is 286 g/mol. The molecule has 78 valence electrons. The van der Waals surface area contributed by atoms with Gasteiger partial charge in [0.05, 0.1) is 0 Å². The Morgan fingerprint density at radius 3 is 2.80 bits per heavy atom. The molecule has 15 heavy (non-hydrogen) atoms. The lowest BCUT2D eigenvalue weighted by molar-refractivity contribution is 0.452. The molecule has 0 radical (unpaired) electrons. The quantitative estimate of drug-likeness (QED) is 0.915. The molecule has 2 aromatic rings. The second-order valence-electron chi connectivity index (χ2n) is 3.04. The average Bonchev–Trinajstić information content (AvgIpc) is 2.49. The summed E-state index contributed by atoms with van der Waals surface area (Å²) >= 11 is 4.64. The zero-order valence-corrected chi connectivity index (χ0v) is 10.3. The van der Waals surface area contributed by atoms with Crippen molar-refractivity contribution >= 4 is 27.3 Å². The highest BCUT2D eigenvalue weighted by Crippen LogP contribution is 2.29. The number of aromatic nitrogens is 1. The largest absolute Gasteiger partial charge is 0.508 e. The van der Waals surface area contributed by atoms with Crippen molar-refractivity contribution in [1.82, 2.24) is 4.98 Å². The Morgan fingerprint density at radius 1 is 1.40 bits per heavy atom. The highest BCUT2D eigenvalue weighted by molar-refractivity contribution is 9.10. The van der Waals surface area contributed by atoms with Crippen molar-refractivity contribution < 1.29 is 9.84 Å². The van der Waals surface area contributed by atoms with Gasteiger partial charge < -0.3 is 9.84 Å². The minimum atomic E-state index is 0.195. The minimum absolute atomic E-state index is 0.195. The molecule has 0 aliphatic carbocycles. The summed E-state index contributed by atoms with van der Waals surface area (Å²) in [5, 5.41) is 11.8. The van der Waals surface area contributed by atoms with Crippen LogP contribution in [0.4, 0.5) is 0 Å². The second kappa shape index (κ2) is 4.20. The van der Waals surface area contributed by atoms with Gasteiger partial charge in [0.1, 0.15) is 16.1 Å². The molecule has 0 spiro atoms. The van der Waals surface area contributed by atoms with E-state index in [1.807, 2.05) is 18.4 Å². The van der Waals surface area contributed by atoms with Crippen LogP contribution < -0.4 is 4.74 Å². The number of aryl methyl sites for hydroxylation is 1. The van der Waals surface area contributed by atoms with Crippen LogP contribution in [0.25, 0.3) is 0 Å². The standard InChI is InChI=1S/C10H8BrNO2S/c1-6-2-7(13)4-8(3-6)14-10-12-9(11)5-15-10/h2-5,13H,1H3. The molecule has 0 fully saturated rings. The van der Waals surface area contributed by atoms with E-state index in [4.69, 9.17) is 4.74 Å². The lowest BCUT2D eigenvalue weighted by Crippen LogP contribution is -1.84. The molecule has 1 N–H and O–H groups in total. The van der Waals surface area contributed by atoms with Crippen LogP contribution in [0, 0.1) is 6.92 Å². The van der Waals surface area contributed by atoms with Crippen LogP contribution in [0.2, 0.25) is 0 Å². The van der Waals surface area contributed by atoms with Crippen LogP contribution >= 0.6 is 27.3 Å². The van der Waals surface area contributed by atoms with E-state index in [1.165, 1.54) is 11.3 Å². The number of nitrogens with zero attached hydrogens (tertiary/aromatic N) is 1. The summed E-state index contributed by atoms with van der Waals surface area (Å²) in [4.78, 5) is 4.10. The van der Waals surface area contributed by atoms with Gasteiger partial charge >= 0.3 is 0 Å². The van der Waals surface area contributed by atoms with E-state index in [2.05, 4.69) is 20.9 Å². The number of hydrogen-bond donors (Lipinski definition) is 1. The van der Waals surface area contributed by atoms with Crippen molar-refractivity contribution in [3.05, 3.63) is 33.7 Å². The molecular weight excluding hydrogens is 278 g/mol. The summed E-state index contributed by atoms with van der Waals surface area (Å²) in [5.74, 6) is 0.787. The molecule has 0 saturated carbocycles. The maximum absolute atomic E-state index is 9.37. The number of phenols is 1. The predicted octanol–water partition coefficient (Wildman–Crippen LogP) is 3.71. The molecule has 3 nitrogen and oxygen atoms in total. The Bertz CT molecular complexity index is 464. The summed E-state index contributed by atoms with van der Waals surface area (Å²) in [6.07, 6.45) is 0. The zero-order valence-electron chi connectivity index (χ0n) is 7.90. The molecule has 0 saturated heterocycles. The van der Waals surface area contributed by atoms with Gasteiger partial charge in [-0.3, -0.25) is 0 Å². The van der Waals surface area contributed by atoms with Gasteiger partial charge in [-0.15, -0.1) is 0 Å². The van der Waals surface area contributed by atoms with Crippen molar-refractivity contribution in [2.45, 2.75) is 6.92 Å². The third-order valence-electron chi connectivity index (χ3n) is 1.70. The van der Waals surface area contributed by atoms with E-state index >= 15 is 0 Å². The molecule has 1 aromatic carbocycles. The molecule has 0 aliphatic heterocycles. The molecule has 0 atom stereocenters. The third kappa shape index (κ3) is 2.70. The Kier molecular flexibility index (Phi) is 2.93. The summed E-state index contributed by atoms with van der Waals surface area (Å²) < 4.78 is 6.23. The lowest BCUT2D eigenvalue weighted by atomic mass is 10.2. The monoisotopic (exact) mass is 285 g/mol. The number of phenolic OH excluding ortho intramolecular Hbond substituents is 1. The number of ether oxygens (including phenoxy) is 1. The fourth-order valence-electron chi connectivity index (χ4n) is 1.17. The number of benzene rings is 1. The minimum Gasteiger partial charge on any atom is -0.508 e. The van der Waals surface area contributed by atoms with Crippen molar-refractivity contribution in [3.63, 3.8) is 0 Å². The first kappa shape index (κ1) is 10.4. The van der Waals surface area contributed by atoms with Crippen molar-refractivity contribution in [2.75, 3.05) is 0 Å². The molecule has 5 heteroatoms. The number of hydrogen-bond acceptors (Lipinski definition) is 4. The fraction of sp³-hybridized carbons (Fsp3) is 0.100. The molecule has 0 unspecified atom stereocenters. The maximum Gasteiger partial charge on any atom is 0.279 e.